The van der Waals surface area contributed by atoms with E-state index in [4.69, 9.17) is 0 Å². The lowest BCUT2D eigenvalue weighted by Crippen LogP contribution is -2.40. The highest BCUT2D eigenvalue weighted by molar-refractivity contribution is 5.80. The summed E-state index contributed by atoms with van der Waals surface area (Å²) >= 11 is 0. The van der Waals surface area contributed by atoms with Gasteiger partial charge >= 0.3 is 0 Å². The molecule has 0 aliphatic carbocycles. The fourth-order valence-corrected chi connectivity index (χ4v) is 1.26. The van der Waals surface area contributed by atoms with Gasteiger partial charge in [0.25, 0.3) is 0 Å². The molecule has 0 saturated heterocycles. The first-order valence-electron chi connectivity index (χ1n) is 4.06. The molecule has 0 spiro atoms. The van der Waals surface area contributed by atoms with Crippen molar-refractivity contribution in [3.8, 4) is 0 Å². The van der Waals surface area contributed by atoms with Gasteiger partial charge in [-0.15, -0.1) is 0 Å². The predicted octanol–water partition coefficient (Wildman–Crippen LogP) is 1.48. The average molecular weight is 153 g/mol. The zero-order chi connectivity index (χ0) is 8.43. The Balaban J connectivity index is 2.69. The summed E-state index contributed by atoms with van der Waals surface area (Å²) < 4.78 is 0. The van der Waals surface area contributed by atoms with Crippen LogP contribution in [0, 0.1) is 5.92 Å². The Kier molecular flexibility index (Phi) is 2.32. The van der Waals surface area contributed by atoms with Crippen molar-refractivity contribution in [3.63, 3.8) is 0 Å². The molecule has 1 amide bonds. The maximum absolute atomic E-state index is 11.0. The fourth-order valence-electron chi connectivity index (χ4n) is 1.26. The van der Waals surface area contributed by atoms with Crippen LogP contribution in [0.5, 0.6) is 0 Å². The quantitative estimate of drug-likeness (QED) is 0.568. The number of hydrogen-bond acceptors (Lipinski definition) is 1. The molecule has 0 unspecified atom stereocenters. The van der Waals surface area contributed by atoms with Crippen LogP contribution in [0.2, 0.25) is 0 Å². The Morgan fingerprint density at radius 3 is 2.73 bits per heavy atom. The molecule has 1 rings (SSSR count). The monoisotopic (exact) mass is 153 g/mol. The van der Waals surface area contributed by atoms with Crippen LogP contribution in [-0.2, 0) is 4.79 Å². The number of rotatable bonds is 1. The summed E-state index contributed by atoms with van der Waals surface area (Å²) in [4.78, 5) is 11.0. The van der Waals surface area contributed by atoms with Gasteiger partial charge in [-0.1, -0.05) is 25.5 Å². The SMILES string of the molecule is CC1=C[C@H](C(C)C)NC(=O)C1. The molecule has 62 valence electrons. The summed E-state index contributed by atoms with van der Waals surface area (Å²) in [5.41, 5.74) is 1.19. The van der Waals surface area contributed by atoms with E-state index >= 15 is 0 Å². The normalized spacial score (nSPS) is 24.9. The second-order valence-corrected chi connectivity index (χ2v) is 3.53. The minimum atomic E-state index is 0.156. The molecule has 0 saturated carbocycles. The summed E-state index contributed by atoms with van der Waals surface area (Å²) in [6.07, 6.45) is 2.72. The molecule has 0 aromatic rings. The first-order valence-corrected chi connectivity index (χ1v) is 4.06. The van der Waals surface area contributed by atoms with Crippen molar-refractivity contribution in [2.45, 2.75) is 33.2 Å². The molecular formula is C9H15NO. The van der Waals surface area contributed by atoms with E-state index in [1.165, 1.54) is 5.57 Å². The smallest absolute Gasteiger partial charge is 0.224 e. The second kappa shape index (κ2) is 3.07. The van der Waals surface area contributed by atoms with Gasteiger partial charge in [0.15, 0.2) is 0 Å². The Morgan fingerprint density at radius 2 is 2.27 bits per heavy atom. The van der Waals surface area contributed by atoms with Crippen LogP contribution in [0.1, 0.15) is 27.2 Å². The Bertz CT molecular complexity index is 194. The molecule has 1 aliphatic heterocycles. The van der Waals surface area contributed by atoms with Crippen LogP contribution in [0.4, 0.5) is 0 Å². The maximum Gasteiger partial charge on any atom is 0.224 e. The molecule has 1 atom stereocenters. The Morgan fingerprint density at radius 1 is 1.64 bits per heavy atom. The van der Waals surface area contributed by atoms with Crippen molar-refractivity contribution in [1.29, 1.82) is 0 Å². The lowest BCUT2D eigenvalue weighted by atomic mass is 9.97. The molecule has 2 nitrogen and oxygen atoms in total. The molecule has 1 heterocycles. The standard InChI is InChI=1S/C9H15NO/c1-6(2)8-4-7(3)5-9(11)10-8/h4,6,8H,5H2,1-3H3,(H,10,11)/t8-/m1/s1. The predicted molar refractivity (Wildman–Crippen MR) is 45.1 cm³/mol. The summed E-state index contributed by atoms with van der Waals surface area (Å²) in [5.74, 6) is 0.651. The number of carbonyl (C=O) groups is 1. The van der Waals surface area contributed by atoms with Crippen molar-refractivity contribution in [2.75, 3.05) is 0 Å². The summed E-state index contributed by atoms with van der Waals surface area (Å²) in [6, 6.07) is 0.247. The third-order valence-electron chi connectivity index (χ3n) is 1.95. The van der Waals surface area contributed by atoms with Gasteiger partial charge in [0, 0.05) is 12.5 Å². The van der Waals surface area contributed by atoms with Crippen LogP contribution >= 0.6 is 0 Å². The summed E-state index contributed by atoms with van der Waals surface area (Å²) in [5, 5.41) is 2.93. The first kappa shape index (κ1) is 8.31. The van der Waals surface area contributed by atoms with Crippen molar-refractivity contribution < 1.29 is 4.79 Å². The average Bonchev–Trinajstić information content (AvgIpc) is 1.85. The molecule has 1 N–H and O–H groups in total. The van der Waals surface area contributed by atoms with Crippen molar-refractivity contribution in [1.82, 2.24) is 5.32 Å². The van der Waals surface area contributed by atoms with Crippen molar-refractivity contribution in [3.05, 3.63) is 11.6 Å². The van der Waals surface area contributed by atoms with Gasteiger partial charge in [-0.25, -0.2) is 0 Å². The van der Waals surface area contributed by atoms with Crippen LogP contribution in [0.15, 0.2) is 11.6 Å². The molecule has 11 heavy (non-hydrogen) atoms. The number of carbonyl (C=O) groups excluding carboxylic acids is 1. The van der Waals surface area contributed by atoms with E-state index in [-0.39, 0.29) is 11.9 Å². The van der Waals surface area contributed by atoms with E-state index < -0.39 is 0 Å². The van der Waals surface area contributed by atoms with Gasteiger partial charge in [0.05, 0.1) is 0 Å². The van der Waals surface area contributed by atoms with E-state index in [2.05, 4.69) is 25.2 Å². The van der Waals surface area contributed by atoms with Crippen molar-refractivity contribution in [2.24, 2.45) is 5.92 Å². The van der Waals surface area contributed by atoms with Crippen LogP contribution in [-0.4, -0.2) is 11.9 Å². The van der Waals surface area contributed by atoms with Crippen LogP contribution in [0.25, 0.3) is 0 Å². The van der Waals surface area contributed by atoms with Crippen LogP contribution < -0.4 is 5.32 Å². The summed E-state index contributed by atoms with van der Waals surface area (Å²) in [6.45, 7) is 6.23. The van der Waals surface area contributed by atoms with E-state index in [9.17, 15) is 4.79 Å². The highest BCUT2D eigenvalue weighted by atomic mass is 16.1. The molecule has 0 bridgehead atoms. The highest BCUT2D eigenvalue weighted by Crippen LogP contribution is 2.13. The van der Waals surface area contributed by atoms with E-state index in [1.807, 2.05) is 6.92 Å². The zero-order valence-electron chi connectivity index (χ0n) is 7.35. The molecule has 0 radical (unpaired) electrons. The lowest BCUT2D eigenvalue weighted by Gasteiger charge is -2.23. The topological polar surface area (TPSA) is 29.1 Å². The van der Waals surface area contributed by atoms with Gasteiger partial charge in [0.1, 0.15) is 0 Å². The highest BCUT2D eigenvalue weighted by Gasteiger charge is 2.18. The van der Waals surface area contributed by atoms with Gasteiger partial charge in [-0.3, -0.25) is 4.79 Å². The van der Waals surface area contributed by atoms with E-state index in [0.717, 1.165) is 0 Å². The number of hydrogen-bond donors (Lipinski definition) is 1. The first-order chi connectivity index (χ1) is 5.09. The van der Waals surface area contributed by atoms with E-state index in [1.54, 1.807) is 0 Å². The number of nitrogens with one attached hydrogen (secondary N) is 1. The number of amides is 1. The van der Waals surface area contributed by atoms with Crippen molar-refractivity contribution >= 4 is 5.91 Å². The van der Waals surface area contributed by atoms with Gasteiger partial charge in [0.2, 0.25) is 5.91 Å². The molecule has 2 heteroatoms. The van der Waals surface area contributed by atoms with Gasteiger partial charge in [-0.2, -0.15) is 0 Å². The molecule has 1 aliphatic rings. The van der Waals surface area contributed by atoms with Gasteiger partial charge in [-0.05, 0) is 12.8 Å². The zero-order valence-corrected chi connectivity index (χ0v) is 7.35. The minimum absolute atomic E-state index is 0.156. The Hall–Kier alpha value is -0.790. The molecule has 0 aromatic carbocycles. The molecule has 0 aromatic heterocycles. The van der Waals surface area contributed by atoms with Crippen LogP contribution in [0.3, 0.4) is 0 Å². The Labute approximate surface area is 67.7 Å². The van der Waals surface area contributed by atoms with E-state index in [0.29, 0.717) is 12.3 Å². The molecule has 0 fully saturated rings. The largest absolute Gasteiger partial charge is 0.349 e. The summed E-state index contributed by atoms with van der Waals surface area (Å²) in [7, 11) is 0. The third kappa shape index (κ3) is 2.07. The fraction of sp³-hybridized carbons (Fsp3) is 0.667. The lowest BCUT2D eigenvalue weighted by molar-refractivity contribution is -0.121. The minimum Gasteiger partial charge on any atom is -0.349 e. The molecular weight excluding hydrogens is 138 g/mol. The second-order valence-electron chi connectivity index (χ2n) is 3.53. The van der Waals surface area contributed by atoms with Gasteiger partial charge < -0.3 is 5.32 Å². The third-order valence-corrected chi connectivity index (χ3v) is 1.95. The maximum atomic E-state index is 11.0.